The minimum atomic E-state index is -0.495. The fraction of sp³-hybridized carbons (Fsp3) is 0.467. The van der Waals surface area contributed by atoms with Crippen molar-refractivity contribution in [2.45, 2.75) is 46.3 Å². The molecule has 0 N–H and O–H groups in total. The number of carbonyl (C=O) groups is 2. The molecule has 0 atom stereocenters. The highest BCUT2D eigenvalue weighted by atomic mass is 16.5. The molecule has 0 aliphatic carbocycles. The van der Waals surface area contributed by atoms with Gasteiger partial charge in [-0.1, -0.05) is 0 Å². The number of carbonyl (C=O) groups excluding carboxylic acids is 2. The lowest BCUT2D eigenvalue weighted by molar-refractivity contribution is -0.144. The second-order valence-corrected chi connectivity index (χ2v) is 5.28. The fourth-order valence-electron chi connectivity index (χ4n) is 2.13. The van der Waals surface area contributed by atoms with Crippen LogP contribution in [0, 0.1) is 0 Å². The van der Waals surface area contributed by atoms with Crippen LogP contribution in [0.25, 0.3) is 5.70 Å². The number of esters is 2. The van der Waals surface area contributed by atoms with Gasteiger partial charge in [0.25, 0.3) is 0 Å². The van der Waals surface area contributed by atoms with Gasteiger partial charge >= 0.3 is 11.9 Å². The molecule has 1 aliphatic heterocycles. The van der Waals surface area contributed by atoms with Crippen LogP contribution in [-0.4, -0.2) is 28.7 Å². The highest BCUT2D eigenvalue weighted by Gasteiger charge is 2.32. The van der Waals surface area contributed by atoms with E-state index in [-0.39, 0.29) is 17.9 Å². The summed E-state index contributed by atoms with van der Waals surface area (Å²) in [4.78, 5) is 24.3. The number of nitrogens with zero attached hydrogens (tertiary/aromatic N) is 1. The van der Waals surface area contributed by atoms with Crippen LogP contribution in [0.1, 0.15) is 33.4 Å². The summed E-state index contributed by atoms with van der Waals surface area (Å²) in [6.45, 7) is 7.10. The molecule has 0 aromatic carbocycles. The minimum absolute atomic E-state index is 0.225. The Kier molecular flexibility index (Phi) is 3.97. The number of hydrogen-bond acceptors (Lipinski definition) is 4. The van der Waals surface area contributed by atoms with E-state index in [0.29, 0.717) is 12.0 Å². The van der Waals surface area contributed by atoms with Gasteiger partial charge in [-0.05, 0) is 39.8 Å². The lowest BCUT2D eigenvalue weighted by Crippen LogP contribution is -2.20. The van der Waals surface area contributed by atoms with Gasteiger partial charge in [0.2, 0.25) is 0 Å². The Hall–Kier alpha value is -2.04. The van der Waals surface area contributed by atoms with Crippen molar-refractivity contribution in [3.8, 4) is 0 Å². The number of hydrogen-bond donors (Lipinski definition) is 0. The predicted octanol–water partition coefficient (Wildman–Crippen LogP) is 2.16. The van der Waals surface area contributed by atoms with E-state index in [4.69, 9.17) is 9.47 Å². The first-order chi connectivity index (χ1) is 9.40. The zero-order valence-corrected chi connectivity index (χ0v) is 12.2. The Morgan fingerprint density at radius 3 is 2.30 bits per heavy atom. The van der Waals surface area contributed by atoms with Crippen LogP contribution in [0.4, 0.5) is 0 Å². The van der Waals surface area contributed by atoms with E-state index in [0.717, 1.165) is 5.69 Å². The van der Waals surface area contributed by atoms with Crippen LogP contribution in [0.2, 0.25) is 0 Å². The maximum atomic E-state index is 12.2. The van der Waals surface area contributed by atoms with Crippen LogP contribution in [0.15, 0.2) is 23.9 Å². The zero-order valence-electron chi connectivity index (χ0n) is 12.2. The molecular formula is C15H19NO4. The lowest BCUT2D eigenvalue weighted by atomic mass is 10.1. The van der Waals surface area contributed by atoms with Crippen molar-refractivity contribution in [3.63, 3.8) is 0 Å². The first-order valence-electron chi connectivity index (χ1n) is 6.72. The van der Waals surface area contributed by atoms with Crippen molar-refractivity contribution >= 4 is 17.6 Å². The molecule has 0 fully saturated rings. The first kappa shape index (κ1) is 14.4. The summed E-state index contributed by atoms with van der Waals surface area (Å²) in [5.41, 5.74) is 1.51. The Morgan fingerprint density at radius 1 is 1.10 bits per heavy atom. The van der Waals surface area contributed by atoms with Crippen molar-refractivity contribution in [3.05, 3.63) is 29.6 Å². The van der Waals surface area contributed by atoms with Crippen LogP contribution in [0.5, 0.6) is 0 Å². The number of ether oxygens (including phenoxy) is 2. The molecule has 108 valence electrons. The van der Waals surface area contributed by atoms with Crippen molar-refractivity contribution in [2.24, 2.45) is 0 Å². The van der Waals surface area contributed by atoms with Gasteiger partial charge in [-0.25, -0.2) is 9.59 Å². The Bertz CT molecular complexity index is 566. The monoisotopic (exact) mass is 277 g/mol. The van der Waals surface area contributed by atoms with Gasteiger partial charge < -0.3 is 14.0 Å². The van der Waals surface area contributed by atoms with E-state index >= 15 is 0 Å². The minimum Gasteiger partial charge on any atom is -0.460 e. The van der Waals surface area contributed by atoms with Gasteiger partial charge in [-0.15, -0.1) is 0 Å². The van der Waals surface area contributed by atoms with E-state index in [1.54, 1.807) is 38.5 Å². The van der Waals surface area contributed by atoms with Crippen molar-refractivity contribution < 1.29 is 19.1 Å². The second kappa shape index (κ2) is 5.53. The first-order valence-corrected chi connectivity index (χ1v) is 6.72. The molecule has 2 heterocycles. The molecule has 1 aromatic rings. The largest absolute Gasteiger partial charge is 0.460 e. The van der Waals surface area contributed by atoms with E-state index < -0.39 is 11.9 Å². The Labute approximate surface area is 118 Å². The van der Waals surface area contributed by atoms with Gasteiger partial charge in [0.15, 0.2) is 0 Å². The fourth-order valence-corrected chi connectivity index (χ4v) is 2.13. The molecule has 1 aliphatic rings. The maximum Gasteiger partial charge on any atom is 0.356 e. The van der Waals surface area contributed by atoms with E-state index in [1.807, 2.05) is 12.1 Å². The number of aromatic nitrogens is 1. The third kappa shape index (κ3) is 2.76. The Balaban J connectivity index is 2.36. The van der Waals surface area contributed by atoms with Crippen molar-refractivity contribution in [2.75, 3.05) is 0 Å². The lowest BCUT2D eigenvalue weighted by Gasteiger charge is -2.13. The summed E-state index contributed by atoms with van der Waals surface area (Å²) in [5.74, 6) is -0.954. The molecule has 5 heteroatoms. The topological polar surface area (TPSA) is 57.5 Å². The smallest absolute Gasteiger partial charge is 0.356 e. The molecule has 2 rings (SSSR count). The van der Waals surface area contributed by atoms with E-state index in [1.165, 1.54) is 0 Å². The van der Waals surface area contributed by atoms with Crippen LogP contribution >= 0.6 is 0 Å². The van der Waals surface area contributed by atoms with E-state index in [9.17, 15) is 9.59 Å². The van der Waals surface area contributed by atoms with Gasteiger partial charge in [-0.2, -0.15) is 0 Å². The summed E-state index contributed by atoms with van der Waals surface area (Å²) in [6.07, 6.45) is 1.68. The zero-order chi connectivity index (χ0) is 14.9. The highest BCUT2D eigenvalue weighted by Crippen LogP contribution is 2.29. The molecule has 20 heavy (non-hydrogen) atoms. The highest BCUT2D eigenvalue weighted by molar-refractivity contribution is 6.18. The SMILES string of the molecule is CC(C)OC(=O)C1=C(C(=O)OC(C)C)n2cccc2C1. The average molecular weight is 277 g/mol. The normalized spacial score (nSPS) is 13.9. The van der Waals surface area contributed by atoms with Gasteiger partial charge in [0, 0.05) is 18.3 Å². The van der Waals surface area contributed by atoms with Gasteiger partial charge in [0.1, 0.15) is 5.70 Å². The molecule has 0 amide bonds. The summed E-state index contributed by atoms with van der Waals surface area (Å²) >= 11 is 0. The summed E-state index contributed by atoms with van der Waals surface area (Å²) in [7, 11) is 0. The third-order valence-electron chi connectivity index (χ3n) is 2.84. The summed E-state index contributed by atoms with van der Waals surface area (Å²) < 4.78 is 12.1. The molecule has 5 nitrogen and oxygen atoms in total. The maximum absolute atomic E-state index is 12.2. The van der Waals surface area contributed by atoms with Crippen molar-refractivity contribution in [1.29, 1.82) is 0 Å². The molecule has 1 aromatic heterocycles. The van der Waals surface area contributed by atoms with E-state index in [2.05, 4.69) is 0 Å². The predicted molar refractivity (Wildman–Crippen MR) is 73.8 cm³/mol. The number of fused-ring (bicyclic) bond motifs is 1. The molecule has 0 radical (unpaired) electrons. The molecule has 0 saturated heterocycles. The summed E-state index contributed by atoms with van der Waals surface area (Å²) in [6, 6.07) is 3.71. The molecular weight excluding hydrogens is 258 g/mol. The van der Waals surface area contributed by atoms with Gasteiger partial charge in [0.05, 0.1) is 17.8 Å². The van der Waals surface area contributed by atoms with Crippen LogP contribution < -0.4 is 0 Å². The summed E-state index contributed by atoms with van der Waals surface area (Å²) in [5, 5.41) is 0. The van der Waals surface area contributed by atoms with Crippen LogP contribution in [-0.2, 0) is 25.5 Å². The van der Waals surface area contributed by atoms with Crippen LogP contribution in [0.3, 0.4) is 0 Å². The average Bonchev–Trinajstić information content (AvgIpc) is 2.84. The molecule has 0 spiro atoms. The Morgan fingerprint density at radius 2 is 1.70 bits per heavy atom. The van der Waals surface area contributed by atoms with Gasteiger partial charge in [-0.3, -0.25) is 0 Å². The number of rotatable bonds is 4. The van der Waals surface area contributed by atoms with Crippen molar-refractivity contribution in [1.82, 2.24) is 4.57 Å². The molecule has 0 saturated carbocycles. The second-order valence-electron chi connectivity index (χ2n) is 5.28. The quantitative estimate of drug-likeness (QED) is 0.791. The third-order valence-corrected chi connectivity index (χ3v) is 2.84. The molecule has 0 unspecified atom stereocenters. The molecule has 0 bridgehead atoms. The standard InChI is InChI=1S/C15H19NO4/c1-9(2)19-14(17)12-8-11-6-5-7-16(11)13(12)15(18)20-10(3)4/h5-7,9-10H,8H2,1-4H3.